The van der Waals surface area contributed by atoms with Crippen LogP contribution in [0.4, 0.5) is 0 Å². The summed E-state index contributed by atoms with van der Waals surface area (Å²) < 4.78 is 0. The van der Waals surface area contributed by atoms with E-state index in [1.807, 2.05) is 6.08 Å². The summed E-state index contributed by atoms with van der Waals surface area (Å²) in [6.07, 6.45) is 13.4. The summed E-state index contributed by atoms with van der Waals surface area (Å²) in [5.41, 5.74) is 1.61. The highest BCUT2D eigenvalue weighted by Gasteiger charge is 2.18. The summed E-state index contributed by atoms with van der Waals surface area (Å²) in [4.78, 5) is 20.5. The molecule has 0 saturated carbocycles. The van der Waals surface area contributed by atoms with Crippen molar-refractivity contribution in [3.8, 4) is 0 Å². The van der Waals surface area contributed by atoms with Crippen LogP contribution in [0.2, 0.25) is 0 Å². The van der Waals surface area contributed by atoms with Crippen LogP contribution >= 0.6 is 0 Å². The molecule has 0 aromatic heterocycles. The zero-order chi connectivity index (χ0) is 14.8. The molecule has 0 aliphatic heterocycles. The molecular formula is C16H25BN2O. The van der Waals surface area contributed by atoms with Gasteiger partial charge in [-0.3, -0.25) is 4.79 Å². The van der Waals surface area contributed by atoms with Crippen molar-refractivity contribution in [2.75, 3.05) is 0 Å². The Kier molecular flexibility index (Phi) is 7.85. The molecule has 1 aliphatic rings. The van der Waals surface area contributed by atoms with Gasteiger partial charge >= 0.3 is 6.98 Å². The Morgan fingerprint density at radius 2 is 2.15 bits per heavy atom. The molecule has 0 fully saturated rings. The molecule has 0 spiro atoms. The monoisotopic (exact) mass is 272 g/mol. The number of hydrogen-bond donors (Lipinski definition) is 0. The van der Waals surface area contributed by atoms with Crippen molar-refractivity contribution in [1.29, 1.82) is 0 Å². The van der Waals surface area contributed by atoms with E-state index in [4.69, 9.17) is 0 Å². The maximum atomic E-state index is 12.0. The number of ketones is 1. The molecule has 0 aromatic carbocycles. The molecule has 0 saturated heterocycles. The molecule has 0 radical (unpaired) electrons. The average molecular weight is 272 g/mol. The smallest absolute Gasteiger partial charge is 0.324 e. The first-order valence-electron chi connectivity index (χ1n) is 7.59. The minimum absolute atomic E-state index is 0.134. The van der Waals surface area contributed by atoms with Gasteiger partial charge in [0.05, 0.1) is 5.71 Å². The fourth-order valence-corrected chi connectivity index (χ4v) is 2.19. The van der Waals surface area contributed by atoms with E-state index in [1.165, 1.54) is 12.8 Å². The molecule has 108 valence electrons. The van der Waals surface area contributed by atoms with E-state index in [0.717, 1.165) is 31.2 Å². The van der Waals surface area contributed by atoms with Crippen molar-refractivity contribution in [2.24, 2.45) is 9.81 Å². The Hall–Kier alpha value is -1.45. The molecule has 3 nitrogen and oxygen atoms in total. The van der Waals surface area contributed by atoms with Gasteiger partial charge < -0.3 is 9.81 Å². The van der Waals surface area contributed by atoms with Crippen LogP contribution in [0.15, 0.2) is 33.5 Å². The van der Waals surface area contributed by atoms with Crippen LogP contribution in [-0.2, 0) is 4.79 Å². The molecule has 0 aromatic rings. The lowest BCUT2D eigenvalue weighted by molar-refractivity contribution is -0.113. The van der Waals surface area contributed by atoms with Gasteiger partial charge in [-0.1, -0.05) is 44.4 Å². The van der Waals surface area contributed by atoms with Crippen molar-refractivity contribution in [3.05, 3.63) is 23.7 Å². The number of nitrogens with zero attached hydrogens (tertiary/aromatic N) is 2. The Labute approximate surface area is 123 Å². The van der Waals surface area contributed by atoms with Gasteiger partial charge in [0.1, 0.15) is 0 Å². The van der Waals surface area contributed by atoms with Gasteiger partial charge in [0, 0.05) is 6.42 Å². The third-order valence-electron chi connectivity index (χ3n) is 3.47. The highest BCUT2D eigenvalue weighted by atomic mass is 16.1. The molecule has 20 heavy (non-hydrogen) atoms. The molecule has 0 unspecified atom stereocenters. The van der Waals surface area contributed by atoms with E-state index in [2.05, 4.69) is 35.6 Å². The van der Waals surface area contributed by atoms with E-state index in [9.17, 15) is 4.79 Å². The molecule has 0 atom stereocenters. The van der Waals surface area contributed by atoms with E-state index in [-0.39, 0.29) is 12.8 Å². The third-order valence-corrected chi connectivity index (χ3v) is 3.47. The van der Waals surface area contributed by atoms with Crippen LogP contribution in [-0.4, -0.2) is 25.2 Å². The maximum absolute atomic E-state index is 12.0. The van der Waals surface area contributed by atoms with Crippen molar-refractivity contribution in [3.63, 3.8) is 0 Å². The quantitative estimate of drug-likeness (QED) is 0.355. The number of carbonyl (C=O) groups is 1. The first-order valence-corrected chi connectivity index (χ1v) is 7.59. The highest BCUT2D eigenvalue weighted by Crippen LogP contribution is 2.14. The van der Waals surface area contributed by atoms with Gasteiger partial charge in [-0.25, -0.2) is 0 Å². The summed E-state index contributed by atoms with van der Waals surface area (Å²) in [6, 6.07) is 0. The third kappa shape index (κ3) is 5.68. The Morgan fingerprint density at radius 1 is 1.35 bits per heavy atom. The largest absolute Gasteiger partial charge is 0.447 e. The fraction of sp³-hybridized carbons (Fsp3) is 0.562. The Bertz CT molecular complexity index is 424. The number of carbonyl (C=O) groups excluding carboxylic acids is 1. The van der Waals surface area contributed by atoms with Crippen LogP contribution < -0.4 is 0 Å². The Balaban J connectivity index is 2.56. The Morgan fingerprint density at radius 3 is 2.75 bits per heavy atom. The first kappa shape index (κ1) is 16.6. The van der Waals surface area contributed by atoms with Gasteiger partial charge in [-0.05, 0) is 38.4 Å². The fourth-order valence-electron chi connectivity index (χ4n) is 2.19. The molecule has 1 aliphatic carbocycles. The van der Waals surface area contributed by atoms with E-state index in [0.29, 0.717) is 12.1 Å². The first-order chi connectivity index (χ1) is 9.69. The average Bonchev–Trinajstić information content (AvgIpc) is 2.49. The van der Waals surface area contributed by atoms with E-state index < -0.39 is 0 Å². The normalized spacial score (nSPS) is 14.9. The van der Waals surface area contributed by atoms with Gasteiger partial charge in [0.15, 0.2) is 5.78 Å². The van der Waals surface area contributed by atoms with Crippen LogP contribution in [0.1, 0.15) is 58.8 Å². The molecule has 0 bridgehead atoms. The standard InChI is InChI=1S/C16H25BN2O/c1-4-5-6-10-13-16(20)14(2)19-17(18-3)15-11-8-7-9-12-15/h8,11-12H,3-7,9-10,13H2,1-2H3/b19-14+. The minimum Gasteiger partial charge on any atom is -0.324 e. The predicted molar refractivity (Wildman–Crippen MR) is 88.6 cm³/mol. The number of unbranched alkanes of at least 4 members (excludes halogenated alkanes) is 3. The number of allylic oxidation sites excluding steroid dienone is 4. The van der Waals surface area contributed by atoms with Crippen molar-refractivity contribution in [1.82, 2.24) is 0 Å². The zero-order valence-corrected chi connectivity index (χ0v) is 12.8. The number of rotatable bonds is 9. The van der Waals surface area contributed by atoms with Crippen LogP contribution in [0.5, 0.6) is 0 Å². The second-order valence-electron chi connectivity index (χ2n) is 5.19. The summed E-state index contributed by atoms with van der Waals surface area (Å²) >= 11 is 0. The van der Waals surface area contributed by atoms with Gasteiger partial charge in [0.2, 0.25) is 0 Å². The molecule has 0 N–H and O–H groups in total. The van der Waals surface area contributed by atoms with Crippen LogP contribution in [0, 0.1) is 0 Å². The number of hydrogen-bond acceptors (Lipinski definition) is 3. The lowest BCUT2D eigenvalue weighted by atomic mass is 9.67. The van der Waals surface area contributed by atoms with Crippen molar-refractivity contribution >= 4 is 25.2 Å². The molecule has 1 rings (SSSR count). The second kappa shape index (κ2) is 9.46. The molecule has 0 amide bonds. The summed E-state index contributed by atoms with van der Waals surface area (Å²) in [5, 5.41) is 0. The molecule has 0 heterocycles. The van der Waals surface area contributed by atoms with Gasteiger partial charge in [-0.15, -0.1) is 0 Å². The minimum atomic E-state index is -0.328. The van der Waals surface area contributed by atoms with E-state index >= 15 is 0 Å². The summed E-state index contributed by atoms with van der Waals surface area (Å²) in [6.45, 7) is 7.22. The van der Waals surface area contributed by atoms with Gasteiger partial charge in [-0.2, -0.15) is 0 Å². The molecule has 4 heteroatoms. The highest BCUT2D eigenvalue weighted by molar-refractivity contribution is 6.67. The van der Waals surface area contributed by atoms with Gasteiger partial charge in [0.25, 0.3) is 0 Å². The van der Waals surface area contributed by atoms with E-state index in [1.54, 1.807) is 6.92 Å². The van der Waals surface area contributed by atoms with Crippen molar-refractivity contribution < 1.29 is 4.79 Å². The van der Waals surface area contributed by atoms with Crippen molar-refractivity contribution in [2.45, 2.75) is 58.8 Å². The predicted octanol–water partition coefficient (Wildman–Crippen LogP) is 3.99. The molecular weight excluding hydrogens is 247 g/mol. The summed E-state index contributed by atoms with van der Waals surface area (Å²) in [7, 11) is 0. The topological polar surface area (TPSA) is 41.8 Å². The SMILES string of the molecule is C=NB(/N=C(\C)C(=O)CCCCCC)C1=CCCC=C1. The lowest BCUT2D eigenvalue weighted by Crippen LogP contribution is -2.18. The maximum Gasteiger partial charge on any atom is 0.447 e. The summed E-state index contributed by atoms with van der Waals surface area (Å²) in [5.74, 6) is 0.134. The zero-order valence-electron chi connectivity index (χ0n) is 12.8. The van der Waals surface area contributed by atoms with Crippen LogP contribution in [0.25, 0.3) is 0 Å². The number of Topliss-reactive ketones (excluding diaryl/α,β-unsaturated/α-hetero) is 1. The lowest BCUT2D eigenvalue weighted by Gasteiger charge is -2.09. The second-order valence-corrected chi connectivity index (χ2v) is 5.19. The van der Waals surface area contributed by atoms with Crippen LogP contribution in [0.3, 0.4) is 0 Å².